The van der Waals surface area contributed by atoms with Gasteiger partial charge in [0.25, 0.3) is 0 Å². The van der Waals surface area contributed by atoms with Crippen molar-refractivity contribution in [3.63, 3.8) is 0 Å². The number of ether oxygens (including phenoxy) is 3. The molecule has 0 aliphatic rings. The molecule has 0 saturated carbocycles. The number of esters is 1. The molecule has 126 valence electrons. The largest absolute Gasteiger partial charge is 0.493 e. The zero-order valence-electron chi connectivity index (χ0n) is 13.6. The fourth-order valence-corrected chi connectivity index (χ4v) is 1.84. The van der Waals surface area contributed by atoms with Crippen molar-refractivity contribution < 1.29 is 28.9 Å². The summed E-state index contributed by atoms with van der Waals surface area (Å²) in [5.41, 5.74) is 0.941. The summed E-state index contributed by atoms with van der Waals surface area (Å²) in [6.07, 6.45) is 2.39. The van der Waals surface area contributed by atoms with Crippen molar-refractivity contribution in [2.24, 2.45) is 0 Å². The fourth-order valence-electron chi connectivity index (χ4n) is 1.84. The highest BCUT2D eigenvalue weighted by molar-refractivity contribution is 5.91. The molecule has 0 bridgehead atoms. The van der Waals surface area contributed by atoms with Crippen LogP contribution in [0.25, 0.3) is 6.08 Å². The standard InChI is InChI=1S/C17H22O6/c1-4-22-16(18)6-5-9-23-14-8-7-13(11-15(14)21-3)10-12(2)17(19)20/h7-8,10-11H,4-6,9H2,1-3H3,(H,19,20)/b12-10+. The Bertz CT molecular complexity index is 576. The molecule has 6 heteroatoms. The molecule has 0 radical (unpaired) electrons. The van der Waals surface area contributed by atoms with E-state index in [0.717, 1.165) is 0 Å². The molecule has 0 unspecified atom stereocenters. The van der Waals surface area contributed by atoms with E-state index in [9.17, 15) is 9.59 Å². The molecule has 0 aliphatic carbocycles. The molecular weight excluding hydrogens is 300 g/mol. The molecule has 0 heterocycles. The molecule has 1 rings (SSSR count). The first-order valence-corrected chi connectivity index (χ1v) is 7.36. The van der Waals surface area contributed by atoms with Crippen molar-refractivity contribution in [2.45, 2.75) is 26.7 Å². The van der Waals surface area contributed by atoms with Gasteiger partial charge in [0, 0.05) is 12.0 Å². The smallest absolute Gasteiger partial charge is 0.331 e. The van der Waals surface area contributed by atoms with Gasteiger partial charge in [-0.15, -0.1) is 0 Å². The summed E-state index contributed by atoms with van der Waals surface area (Å²) in [6.45, 7) is 4.02. The molecule has 23 heavy (non-hydrogen) atoms. The monoisotopic (exact) mass is 322 g/mol. The molecule has 1 aromatic carbocycles. The zero-order chi connectivity index (χ0) is 17.2. The van der Waals surface area contributed by atoms with Gasteiger partial charge in [-0.3, -0.25) is 4.79 Å². The molecule has 1 N–H and O–H groups in total. The van der Waals surface area contributed by atoms with E-state index < -0.39 is 5.97 Å². The first-order valence-electron chi connectivity index (χ1n) is 7.36. The topological polar surface area (TPSA) is 82.1 Å². The minimum Gasteiger partial charge on any atom is -0.493 e. The summed E-state index contributed by atoms with van der Waals surface area (Å²) < 4.78 is 15.7. The first kappa shape index (κ1) is 18.5. The van der Waals surface area contributed by atoms with E-state index in [4.69, 9.17) is 19.3 Å². The van der Waals surface area contributed by atoms with E-state index in [-0.39, 0.29) is 11.5 Å². The molecule has 0 fully saturated rings. The number of rotatable bonds is 9. The van der Waals surface area contributed by atoms with Crippen LogP contribution < -0.4 is 9.47 Å². The van der Waals surface area contributed by atoms with E-state index in [1.807, 2.05) is 0 Å². The van der Waals surface area contributed by atoms with Gasteiger partial charge in [0.05, 0.1) is 20.3 Å². The van der Waals surface area contributed by atoms with Crippen molar-refractivity contribution >= 4 is 18.0 Å². The maximum absolute atomic E-state index is 11.2. The average Bonchev–Trinajstić information content (AvgIpc) is 2.52. The van der Waals surface area contributed by atoms with Crippen molar-refractivity contribution in [1.29, 1.82) is 0 Å². The van der Waals surface area contributed by atoms with Crippen LogP contribution in [0.4, 0.5) is 0 Å². The van der Waals surface area contributed by atoms with Crippen LogP contribution in [0.5, 0.6) is 11.5 Å². The van der Waals surface area contributed by atoms with Gasteiger partial charge < -0.3 is 19.3 Å². The number of hydrogen-bond donors (Lipinski definition) is 1. The van der Waals surface area contributed by atoms with Crippen LogP contribution in [0, 0.1) is 0 Å². The molecular formula is C17H22O6. The van der Waals surface area contributed by atoms with E-state index in [2.05, 4.69) is 0 Å². The number of carbonyl (C=O) groups is 2. The Labute approximate surface area is 135 Å². The third kappa shape index (κ3) is 6.42. The Kier molecular flexibility index (Phi) is 7.66. The van der Waals surface area contributed by atoms with Gasteiger partial charge in [-0.1, -0.05) is 6.07 Å². The highest BCUT2D eigenvalue weighted by atomic mass is 16.5. The number of benzene rings is 1. The van der Waals surface area contributed by atoms with Crippen molar-refractivity contribution in [3.8, 4) is 11.5 Å². The van der Waals surface area contributed by atoms with Gasteiger partial charge in [-0.2, -0.15) is 0 Å². The Morgan fingerprint density at radius 1 is 1.26 bits per heavy atom. The number of aliphatic carboxylic acids is 1. The Morgan fingerprint density at radius 3 is 2.61 bits per heavy atom. The van der Waals surface area contributed by atoms with E-state index in [1.54, 1.807) is 31.2 Å². The maximum atomic E-state index is 11.2. The van der Waals surface area contributed by atoms with Crippen LogP contribution in [0.1, 0.15) is 32.3 Å². The number of methoxy groups -OCH3 is 1. The predicted molar refractivity (Wildman–Crippen MR) is 85.6 cm³/mol. The van der Waals surface area contributed by atoms with Crippen LogP contribution in [-0.2, 0) is 14.3 Å². The minimum atomic E-state index is -0.969. The third-order valence-corrected chi connectivity index (χ3v) is 3.00. The summed E-state index contributed by atoms with van der Waals surface area (Å²) in [4.78, 5) is 22.1. The van der Waals surface area contributed by atoms with Crippen LogP contribution in [0.2, 0.25) is 0 Å². The fraction of sp³-hybridized carbons (Fsp3) is 0.412. The van der Waals surface area contributed by atoms with Crippen LogP contribution in [0.15, 0.2) is 23.8 Å². The Balaban J connectivity index is 2.65. The normalized spacial score (nSPS) is 11.0. The predicted octanol–water partition coefficient (Wildman–Crippen LogP) is 2.91. The second kappa shape index (κ2) is 9.50. The SMILES string of the molecule is CCOC(=O)CCCOc1ccc(/C=C(\C)C(=O)O)cc1OC. The molecule has 0 saturated heterocycles. The third-order valence-electron chi connectivity index (χ3n) is 3.00. The van der Waals surface area contributed by atoms with Crippen molar-refractivity contribution in [2.75, 3.05) is 20.3 Å². The molecule has 0 atom stereocenters. The van der Waals surface area contributed by atoms with Crippen molar-refractivity contribution in [1.82, 2.24) is 0 Å². The number of carboxylic acid groups (broad SMARTS) is 1. The van der Waals surface area contributed by atoms with Crippen molar-refractivity contribution in [3.05, 3.63) is 29.3 Å². The van der Waals surface area contributed by atoms with Crippen LogP contribution in [0.3, 0.4) is 0 Å². The molecule has 6 nitrogen and oxygen atoms in total. The lowest BCUT2D eigenvalue weighted by atomic mass is 10.1. The molecule has 0 amide bonds. The maximum Gasteiger partial charge on any atom is 0.331 e. The number of hydrogen-bond acceptors (Lipinski definition) is 5. The lowest BCUT2D eigenvalue weighted by molar-refractivity contribution is -0.143. The summed E-state index contributed by atoms with van der Waals surface area (Å²) in [6, 6.07) is 5.16. The van der Waals surface area contributed by atoms with Gasteiger partial charge in [0.2, 0.25) is 0 Å². The highest BCUT2D eigenvalue weighted by Gasteiger charge is 2.07. The minimum absolute atomic E-state index is 0.232. The van der Waals surface area contributed by atoms with E-state index >= 15 is 0 Å². The quantitative estimate of drug-likeness (QED) is 0.428. The molecule has 0 spiro atoms. The van der Waals surface area contributed by atoms with Gasteiger partial charge >= 0.3 is 11.9 Å². The summed E-state index contributed by atoms with van der Waals surface area (Å²) in [5.74, 6) is -0.162. The number of carbonyl (C=O) groups excluding carboxylic acids is 1. The van der Waals surface area contributed by atoms with Crippen LogP contribution in [-0.4, -0.2) is 37.4 Å². The molecule has 0 aliphatic heterocycles. The second-order valence-electron chi connectivity index (χ2n) is 4.80. The van der Waals surface area contributed by atoms with Crippen LogP contribution >= 0.6 is 0 Å². The molecule has 0 aromatic heterocycles. The summed E-state index contributed by atoms with van der Waals surface area (Å²) in [7, 11) is 1.51. The van der Waals surface area contributed by atoms with Gasteiger partial charge in [-0.05, 0) is 44.0 Å². The van der Waals surface area contributed by atoms with E-state index in [0.29, 0.717) is 43.1 Å². The second-order valence-corrected chi connectivity index (χ2v) is 4.80. The average molecular weight is 322 g/mol. The lowest BCUT2D eigenvalue weighted by Crippen LogP contribution is -2.07. The van der Waals surface area contributed by atoms with E-state index in [1.165, 1.54) is 14.0 Å². The van der Waals surface area contributed by atoms with Gasteiger partial charge in [0.15, 0.2) is 11.5 Å². The molecule has 1 aromatic rings. The zero-order valence-corrected chi connectivity index (χ0v) is 13.6. The van der Waals surface area contributed by atoms with Gasteiger partial charge in [-0.25, -0.2) is 4.79 Å². The Morgan fingerprint density at radius 2 is 2.00 bits per heavy atom. The lowest BCUT2D eigenvalue weighted by Gasteiger charge is -2.11. The first-order chi connectivity index (χ1) is 11.0. The summed E-state index contributed by atoms with van der Waals surface area (Å²) >= 11 is 0. The van der Waals surface area contributed by atoms with Gasteiger partial charge in [0.1, 0.15) is 0 Å². The highest BCUT2D eigenvalue weighted by Crippen LogP contribution is 2.29. The Hall–Kier alpha value is -2.50. The summed E-state index contributed by atoms with van der Waals surface area (Å²) in [5, 5.41) is 8.89. The number of carboxylic acids is 1.